The van der Waals surface area contributed by atoms with E-state index >= 15 is 0 Å². The number of amides is 1. The highest BCUT2D eigenvalue weighted by Gasteiger charge is 2.26. The first-order valence-electron chi connectivity index (χ1n) is 9.14. The Morgan fingerprint density at radius 1 is 1.12 bits per heavy atom. The minimum absolute atomic E-state index is 0.0461. The van der Waals surface area contributed by atoms with E-state index in [1.807, 2.05) is 29.2 Å². The predicted molar refractivity (Wildman–Crippen MR) is 95.5 cm³/mol. The molecule has 2 aromatic rings. The van der Waals surface area contributed by atoms with Crippen molar-refractivity contribution < 1.29 is 9.53 Å². The van der Waals surface area contributed by atoms with Gasteiger partial charge in [0.2, 0.25) is 0 Å². The van der Waals surface area contributed by atoms with Crippen LogP contribution in [0.4, 0.5) is 0 Å². The predicted octanol–water partition coefficient (Wildman–Crippen LogP) is 1.96. The molecule has 1 amide bonds. The van der Waals surface area contributed by atoms with Crippen LogP contribution in [0.15, 0.2) is 30.5 Å². The van der Waals surface area contributed by atoms with Crippen molar-refractivity contribution in [1.82, 2.24) is 19.8 Å². The summed E-state index contributed by atoms with van der Waals surface area (Å²) in [5, 5.41) is 0. The summed E-state index contributed by atoms with van der Waals surface area (Å²) in [7, 11) is 0. The highest BCUT2D eigenvalue weighted by Crippen LogP contribution is 2.15. The first kappa shape index (κ1) is 16.4. The number of para-hydroxylation sites is 2. The van der Waals surface area contributed by atoms with Gasteiger partial charge < -0.3 is 14.5 Å². The zero-order valence-corrected chi connectivity index (χ0v) is 14.4. The van der Waals surface area contributed by atoms with Crippen molar-refractivity contribution >= 4 is 16.9 Å². The van der Waals surface area contributed by atoms with Crippen molar-refractivity contribution in [3.8, 4) is 0 Å². The lowest BCUT2D eigenvalue weighted by molar-refractivity contribution is 0.0296. The van der Waals surface area contributed by atoms with E-state index in [0.29, 0.717) is 25.4 Å². The van der Waals surface area contributed by atoms with Crippen molar-refractivity contribution in [3.63, 3.8) is 0 Å². The normalized spacial score (nSPS) is 22.2. The van der Waals surface area contributed by atoms with E-state index in [1.54, 1.807) is 6.20 Å². The summed E-state index contributed by atoms with van der Waals surface area (Å²) in [4.78, 5) is 26.1. The molecule has 6 nitrogen and oxygen atoms in total. The fraction of sp³-hybridized carbons (Fsp3) is 0.526. The smallest absolute Gasteiger partial charge is 0.274 e. The standard InChI is InChI=1S/C19H24N4O2/c24-19(18-12-20-16-6-1-2-7-17(16)21-18)23-10-5-11-25-15(14-23)13-22-8-3-4-9-22/h1-2,6-7,12,15H,3-5,8-11,13-14H2/t15-/m1/s1. The summed E-state index contributed by atoms with van der Waals surface area (Å²) in [6.07, 6.45) is 5.07. The zero-order valence-electron chi connectivity index (χ0n) is 14.4. The van der Waals surface area contributed by atoms with Gasteiger partial charge >= 0.3 is 0 Å². The minimum atomic E-state index is -0.0461. The van der Waals surface area contributed by atoms with Gasteiger partial charge in [-0.1, -0.05) is 12.1 Å². The number of benzene rings is 1. The number of fused-ring (bicyclic) bond motifs is 1. The fourth-order valence-corrected chi connectivity index (χ4v) is 3.67. The Bertz CT molecular complexity index is 745. The Hall–Kier alpha value is -2.05. The van der Waals surface area contributed by atoms with Crippen LogP contribution >= 0.6 is 0 Å². The molecule has 3 heterocycles. The van der Waals surface area contributed by atoms with Crippen LogP contribution in [0.2, 0.25) is 0 Å². The molecule has 2 aliphatic heterocycles. The van der Waals surface area contributed by atoms with Gasteiger partial charge in [-0.3, -0.25) is 9.78 Å². The highest BCUT2D eigenvalue weighted by molar-refractivity contribution is 5.93. The van der Waals surface area contributed by atoms with Crippen LogP contribution in [0.3, 0.4) is 0 Å². The van der Waals surface area contributed by atoms with E-state index in [9.17, 15) is 4.79 Å². The molecule has 25 heavy (non-hydrogen) atoms. The van der Waals surface area contributed by atoms with Gasteiger partial charge in [0.1, 0.15) is 5.69 Å². The topological polar surface area (TPSA) is 58.6 Å². The van der Waals surface area contributed by atoms with Gasteiger partial charge in [0.25, 0.3) is 5.91 Å². The molecule has 2 fully saturated rings. The average molecular weight is 340 g/mol. The van der Waals surface area contributed by atoms with Crippen LogP contribution in [0.25, 0.3) is 11.0 Å². The third kappa shape index (κ3) is 3.80. The number of aromatic nitrogens is 2. The summed E-state index contributed by atoms with van der Waals surface area (Å²) < 4.78 is 5.98. The van der Waals surface area contributed by atoms with Gasteiger partial charge in [0, 0.05) is 26.2 Å². The second-order valence-corrected chi connectivity index (χ2v) is 6.85. The number of ether oxygens (including phenoxy) is 1. The number of carbonyl (C=O) groups is 1. The van der Waals surface area contributed by atoms with Gasteiger partial charge in [-0.2, -0.15) is 0 Å². The second kappa shape index (κ2) is 7.45. The molecule has 0 radical (unpaired) electrons. The molecule has 0 spiro atoms. The first-order chi connectivity index (χ1) is 12.3. The Labute approximate surface area is 147 Å². The number of rotatable bonds is 3. The van der Waals surface area contributed by atoms with E-state index in [0.717, 1.165) is 37.1 Å². The van der Waals surface area contributed by atoms with Gasteiger partial charge in [-0.15, -0.1) is 0 Å². The number of carbonyl (C=O) groups excluding carboxylic acids is 1. The molecule has 6 heteroatoms. The number of nitrogens with zero attached hydrogens (tertiary/aromatic N) is 4. The van der Waals surface area contributed by atoms with E-state index in [4.69, 9.17) is 4.74 Å². The maximum Gasteiger partial charge on any atom is 0.274 e. The molecule has 1 aromatic heterocycles. The maximum atomic E-state index is 12.9. The van der Waals surface area contributed by atoms with E-state index < -0.39 is 0 Å². The van der Waals surface area contributed by atoms with E-state index in [2.05, 4.69) is 14.9 Å². The molecule has 1 aromatic carbocycles. The van der Waals surface area contributed by atoms with E-state index in [-0.39, 0.29) is 12.0 Å². The van der Waals surface area contributed by atoms with Crippen LogP contribution in [0.1, 0.15) is 29.8 Å². The lowest BCUT2D eigenvalue weighted by Crippen LogP contribution is -2.42. The molecular weight excluding hydrogens is 316 g/mol. The van der Waals surface area contributed by atoms with Crippen molar-refractivity contribution in [3.05, 3.63) is 36.2 Å². The molecule has 0 saturated carbocycles. The SMILES string of the molecule is O=C(c1cnc2ccccc2n1)N1CCCO[C@H](CN2CCCC2)C1. The van der Waals surface area contributed by atoms with Crippen molar-refractivity contribution in [2.24, 2.45) is 0 Å². The Balaban J connectivity index is 1.48. The summed E-state index contributed by atoms with van der Waals surface area (Å²) in [5.74, 6) is -0.0461. The molecule has 0 unspecified atom stereocenters. The monoisotopic (exact) mass is 340 g/mol. The van der Waals surface area contributed by atoms with Gasteiger partial charge in [-0.25, -0.2) is 4.98 Å². The number of hydrogen-bond donors (Lipinski definition) is 0. The minimum Gasteiger partial charge on any atom is -0.375 e. The average Bonchev–Trinajstić information content (AvgIpc) is 3.05. The van der Waals surface area contributed by atoms with Crippen LogP contribution in [0.5, 0.6) is 0 Å². The molecule has 132 valence electrons. The molecule has 0 aliphatic carbocycles. The fourth-order valence-electron chi connectivity index (χ4n) is 3.67. The Kier molecular flexibility index (Phi) is 4.90. The third-order valence-corrected chi connectivity index (χ3v) is 4.97. The summed E-state index contributed by atoms with van der Waals surface area (Å²) in [5.41, 5.74) is 1.98. The van der Waals surface area contributed by atoms with Gasteiger partial charge in [-0.05, 0) is 44.5 Å². The second-order valence-electron chi connectivity index (χ2n) is 6.85. The Morgan fingerprint density at radius 3 is 2.76 bits per heavy atom. The number of likely N-dealkylation sites (tertiary alicyclic amines) is 1. The highest BCUT2D eigenvalue weighted by atomic mass is 16.5. The Morgan fingerprint density at radius 2 is 1.92 bits per heavy atom. The van der Waals surface area contributed by atoms with Crippen molar-refractivity contribution in [2.45, 2.75) is 25.4 Å². The van der Waals surface area contributed by atoms with E-state index in [1.165, 1.54) is 12.8 Å². The van der Waals surface area contributed by atoms with Crippen molar-refractivity contribution in [1.29, 1.82) is 0 Å². The number of hydrogen-bond acceptors (Lipinski definition) is 5. The summed E-state index contributed by atoms with van der Waals surface area (Å²) >= 11 is 0. The maximum absolute atomic E-state index is 12.9. The molecule has 0 N–H and O–H groups in total. The molecule has 0 bridgehead atoms. The third-order valence-electron chi connectivity index (χ3n) is 4.97. The van der Waals surface area contributed by atoms with Crippen LogP contribution in [-0.2, 0) is 4.74 Å². The molecule has 2 aliphatic rings. The largest absolute Gasteiger partial charge is 0.375 e. The van der Waals surface area contributed by atoms with Crippen molar-refractivity contribution in [2.75, 3.05) is 39.3 Å². The zero-order chi connectivity index (χ0) is 17.1. The molecule has 1 atom stereocenters. The molecule has 4 rings (SSSR count). The summed E-state index contributed by atoms with van der Waals surface area (Å²) in [6.45, 7) is 5.25. The summed E-state index contributed by atoms with van der Waals surface area (Å²) in [6, 6.07) is 7.63. The van der Waals surface area contributed by atoms with Crippen LogP contribution in [0, 0.1) is 0 Å². The molecular formula is C19H24N4O2. The van der Waals surface area contributed by atoms with Crippen LogP contribution < -0.4 is 0 Å². The quantitative estimate of drug-likeness (QED) is 0.855. The van der Waals surface area contributed by atoms with Crippen LogP contribution in [-0.4, -0.2) is 71.1 Å². The van der Waals surface area contributed by atoms with Gasteiger partial charge in [0.05, 0.1) is 23.3 Å². The van der Waals surface area contributed by atoms with Gasteiger partial charge in [0.15, 0.2) is 0 Å². The lowest BCUT2D eigenvalue weighted by Gasteiger charge is -2.26. The molecule has 2 saturated heterocycles. The first-order valence-corrected chi connectivity index (χ1v) is 9.14. The lowest BCUT2D eigenvalue weighted by atomic mass is 10.2.